The van der Waals surface area contributed by atoms with Crippen LogP contribution in [0.2, 0.25) is 0 Å². The van der Waals surface area contributed by atoms with Crippen LogP contribution in [0.15, 0.2) is 30.2 Å². The lowest BCUT2D eigenvalue weighted by atomic mass is 10.1. The number of benzene rings is 1. The molecule has 0 aliphatic heterocycles. The predicted octanol–water partition coefficient (Wildman–Crippen LogP) is 1.71. The van der Waals surface area contributed by atoms with E-state index in [1.807, 2.05) is 0 Å². The van der Waals surface area contributed by atoms with Gasteiger partial charge in [0.25, 0.3) is 0 Å². The van der Waals surface area contributed by atoms with Crippen molar-refractivity contribution < 1.29 is 6.85 Å². The minimum absolute atomic E-state index is 0.163. The van der Waals surface area contributed by atoms with Crippen molar-refractivity contribution >= 4 is 0 Å². The zero-order chi connectivity index (χ0) is 11.0. The van der Waals surface area contributed by atoms with E-state index >= 15 is 0 Å². The van der Waals surface area contributed by atoms with E-state index in [1.54, 1.807) is 6.92 Å². The van der Waals surface area contributed by atoms with Crippen molar-refractivity contribution in [3.8, 4) is 0 Å². The van der Waals surface area contributed by atoms with Gasteiger partial charge in [0.2, 0.25) is 0 Å². The Morgan fingerprint density at radius 1 is 1.44 bits per heavy atom. The number of hydrogen-bond acceptors (Lipinski definition) is 1. The summed E-state index contributed by atoms with van der Waals surface area (Å²) >= 11 is 0. The first kappa shape index (κ1) is 2.43. The molecule has 0 amide bonds. The van der Waals surface area contributed by atoms with E-state index in [2.05, 4.69) is 0 Å². The summed E-state index contributed by atoms with van der Waals surface area (Å²) in [6.45, 7) is 1.59. The van der Waals surface area contributed by atoms with Crippen molar-refractivity contribution in [3.05, 3.63) is 35.8 Å². The summed E-state index contributed by atoms with van der Waals surface area (Å²) < 4.78 is 37.1. The summed E-state index contributed by atoms with van der Waals surface area (Å²) in [6.07, 6.45) is 0. The molecule has 1 aromatic rings. The Kier molecular flexibility index (Phi) is 0.714. The first-order chi connectivity index (χ1) is 6.37. The maximum absolute atomic E-state index is 7.51. The molecular weight excluding hydrogens is 110 g/mol. The van der Waals surface area contributed by atoms with Gasteiger partial charge < -0.3 is 5.73 Å². The molecule has 0 unspecified atom stereocenters. The largest absolute Gasteiger partial charge is 0.324 e. The highest BCUT2D eigenvalue weighted by Gasteiger charge is 1.93. The van der Waals surface area contributed by atoms with Crippen molar-refractivity contribution in [2.45, 2.75) is 13.0 Å². The molecule has 1 atom stereocenters. The van der Waals surface area contributed by atoms with Crippen LogP contribution in [-0.2, 0) is 0 Å². The molecule has 0 spiro atoms. The highest BCUT2D eigenvalue weighted by molar-refractivity contribution is 5.17. The average Bonchev–Trinajstić information content (AvgIpc) is 2.11. The molecule has 9 heavy (non-hydrogen) atoms. The van der Waals surface area contributed by atoms with E-state index < -0.39 is 6.04 Å². The fourth-order valence-electron chi connectivity index (χ4n) is 0.487. The second kappa shape index (κ2) is 2.65. The summed E-state index contributed by atoms with van der Waals surface area (Å²) in [5.74, 6) is 0. The van der Waals surface area contributed by atoms with Crippen LogP contribution in [0.4, 0.5) is 0 Å². The Labute approximate surface area is 62.5 Å². The monoisotopic (exact) mass is 126 g/mol. The molecule has 0 saturated heterocycles. The molecule has 0 radical (unpaired) electrons. The third-order valence-corrected chi connectivity index (χ3v) is 0.975. The van der Waals surface area contributed by atoms with Crippen LogP contribution in [0.5, 0.6) is 0 Å². The molecule has 1 rings (SSSR count). The molecule has 1 heteroatoms. The van der Waals surface area contributed by atoms with Gasteiger partial charge in [-0.05, 0) is 12.5 Å². The molecule has 1 aromatic carbocycles. The molecule has 2 N–H and O–H groups in total. The van der Waals surface area contributed by atoms with E-state index in [-0.39, 0.29) is 35.8 Å². The Hall–Kier alpha value is -0.820. The normalized spacial score (nSPS) is 20.9. The molecule has 0 aliphatic rings. The minimum Gasteiger partial charge on any atom is -0.324 e. The van der Waals surface area contributed by atoms with Crippen molar-refractivity contribution in [1.29, 1.82) is 0 Å². The van der Waals surface area contributed by atoms with Gasteiger partial charge >= 0.3 is 0 Å². The van der Waals surface area contributed by atoms with Crippen molar-refractivity contribution in [3.63, 3.8) is 0 Å². The van der Waals surface area contributed by atoms with Crippen LogP contribution in [0.3, 0.4) is 0 Å². The van der Waals surface area contributed by atoms with Gasteiger partial charge in [-0.2, -0.15) is 0 Å². The first-order valence-electron chi connectivity index (χ1n) is 5.20. The van der Waals surface area contributed by atoms with Crippen LogP contribution in [0.25, 0.3) is 0 Å². The first-order valence-corrected chi connectivity index (χ1v) is 2.70. The van der Waals surface area contributed by atoms with Crippen LogP contribution >= 0.6 is 0 Å². The highest BCUT2D eigenvalue weighted by atomic mass is 14.6. The van der Waals surface area contributed by atoms with Crippen LogP contribution in [0, 0.1) is 0 Å². The molecule has 48 valence electrons. The molecule has 0 fully saturated rings. The van der Waals surface area contributed by atoms with E-state index in [1.165, 1.54) is 0 Å². The molecule has 0 bridgehead atoms. The van der Waals surface area contributed by atoms with Gasteiger partial charge in [0.1, 0.15) is 0 Å². The second-order valence-electron chi connectivity index (χ2n) is 1.83. The Balaban J connectivity index is 3.60. The molecule has 1 nitrogen and oxygen atoms in total. The maximum Gasteiger partial charge on any atom is 0.0626 e. The van der Waals surface area contributed by atoms with E-state index in [4.69, 9.17) is 12.6 Å². The zero-order valence-corrected chi connectivity index (χ0v) is 5.15. The van der Waals surface area contributed by atoms with E-state index in [9.17, 15) is 0 Å². The highest BCUT2D eigenvalue weighted by Crippen LogP contribution is 2.06. The maximum atomic E-state index is 7.51. The SMILES string of the molecule is [2H]c1c([2H])c([2H])c([C@@H](C)N)c([2H])c1[2H]. The third kappa shape index (κ3) is 1.54. The topological polar surface area (TPSA) is 26.0 Å². The summed E-state index contributed by atoms with van der Waals surface area (Å²) in [4.78, 5) is 0. The molecule has 0 saturated carbocycles. The van der Waals surface area contributed by atoms with Gasteiger partial charge in [-0.3, -0.25) is 0 Å². The summed E-state index contributed by atoms with van der Waals surface area (Å²) in [6, 6.07) is -2.05. The average molecular weight is 126 g/mol. The Bertz CT molecular complexity index is 345. The molecule has 0 aliphatic carbocycles. The fourth-order valence-corrected chi connectivity index (χ4v) is 0.487. The van der Waals surface area contributed by atoms with E-state index in [0.717, 1.165) is 0 Å². The Morgan fingerprint density at radius 3 is 2.44 bits per heavy atom. The summed E-state index contributed by atoms with van der Waals surface area (Å²) in [5, 5.41) is 0. The van der Waals surface area contributed by atoms with Crippen LogP contribution in [-0.4, -0.2) is 0 Å². The predicted molar refractivity (Wildman–Crippen MR) is 39.0 cm³/mol. The van der Waals surface area contributed by atoms with Crippen LogP contribution in [0.1, 0.15) is 25.4 Å². The van der Waals surface area contributed by atoms with Gasteiger partial charge in [-0.25, -0.2) is 0 Å². The van der Waals surface area contributed by atoms with Gasteiger partial charge in [0, 0.05) is 6.04 Å². The minimum atomic E-state index is -0.566. The lowest BCUT2D eigenvalue weighted by molar-refractivity contribution is 0.818. The van der Waals surface area contributed by atoms with Crippen LogP contribution < -0.4 is 5.73 Å². The summed E-state index contributed by atoms with van der Waals surface area (Å²) in [7, 11) is 0. The van der Waals surface area contributed by atoms with Gasteiger partial charge in [-0.15, -0.1) is 0 Å². The number of rotatable bonds is 1. The standard InChI is InChI=1S/C8H11N/c1-7(9)8-5-3-2-4-6-8/h2-7H,9H2,1H3/t7-/m1/s1/i2D,3D,4D,5D,6D. The molecule has 0 aromatic heterocycles. The summed E-state index contributed by atoms with van der Waals surface area (Å²) in [5.41, 5.74) is 5.70. The fraction of sp³-hybridized carbons (Fsp3) is 0.250. The van der Waals surface area contributed by atoms with E-state index in [0.29, 0.717) is 0 Å². The molecule has 0 heterocycles. The lowest BCUT2D eigenvalue weighted by Crippen LogP contribution is -2.03. The van der Waals surface area contributed by atoms with Crippen molar-refractivity contribution in [2.24, 2.45) is 5.73 Å². The van der Waals surface area contributed by atoms with Gasteiger partial charge in [0.15, 0.2) is 0 Å². The lowest BCUT2D eigenvalue weighted by Gasteiger charge is -2.02. The number of nitrogens with two attached hydrogens (primary N) is 1. The quantitative estimate of drug-likeness (QED) is 0.609. The number of hydrogen-bond donors (Lipinski definition) is 1. The van der Waals surface area contributed by atoms with Crippen molar-refractivity contribution in [2.75, 3.05) is 0 Å². The third-order valence-electron chi connectivity index (χ3n) is 0.975. The van der Waals surface area contributed by atoms with Crippen molar-refractivity contribution in [1.82, 2.24) is 0 Å². The Morgan fingerprint density at radius 2 is 2.00 bits per heavy atom. The molecular formula is C8H11N. The van der Waals surface area contributed by atoms with Gasteiger partial charge in [0.05, 0.1) is 6.85 Å². The second-order valence-corrected chi connectivity index (χ2v) is 1.83. The van der Waals surface area contributed by atoms with Gasteiger partial charge in [-0.1, -0.05) is 30.2 Å². The smallest absolute Gasteiger partial charge is 0.0626 e. The zero-order valence-electron chi connectivity index (χ0n) is 10.2.